The number of aromatic amines is 2. The maximum Gasteiger partial charge on any atom is 0.222 e. The molecule has 6 nitrogen and oxygen atoms in total. The van der Waals surface area contributed by atoms with E-state index in [0.717, 1.165) is 43.0 Å². The van der Waals surface area contributed by atoms with Gasteiger partial charge in [0.2, 0.25) is 11.8 Å². The number of para-hydroxylation sites is 2. The fraction of sp³-hybridized carbons (Fsp3) is 0.308. The molecule has 0 atom stereocenters. The molecule has 172 valence electrons. The molecule has 2 heterocycles. The van der Waals surface area contributed by atoms with E-state index in [2.05, 4.69) is 34.2 Å². The second kappa shape index (κ2) is 9.75. The van der Waals surface area contributed by atoms with Gasteiger partial charge in [0.15, 0.2) is 0 Å². The Labute approximate surface area is 198 Å². The number of benzene rings is 2. The summed E-state index contributed by atoms with van der Waals surface area (Å²) in [5, 5.41) is 4.36. The molecule has 0 aliphatic rings. The van der Waals surface area contributed by atoms with Gasteiger partial charge in [-0.2, -0.15) is 0 Å². The van der Waals surface area contributed by atoms with Crippen LogP contribution in [0.4, 0.5) is 0 Å². The van der Waals surface area contributed by atoms with Crippen LogP contribution >= 0.6 is 11.8 Å². The Morgan fingerprint density at radius 1 is 0.697 bits per heavy atom. The maximum atomic E-state index is 12.3. The summed E-state index contributed by atoms with van der Waals surface area (Å²) < 4.78 is 0. The average molecular weight is 463 g/mol. The minimum Gasteiger partial charge on any atom is -0.349 e. The number of amides is 2. The summed E-state index contributed by atoms with van der Waals surface area (Å²) in [6.45, 7) is 0. The molecule has 0 bridgehead atoms. The van der Waals surface area contributed by atoms with E-state index >= 15 is 0 Å². The highest BCUT2D eigenvalue weighted by Gasteiger charge is 2.19. The van der Waals surface area contributed by atoms with E-state index in [1.807, 2.05) is 24.3 Å². The highest BCUT2D eigenvalue weighted by atomic mass is 32.2. The summed E-state index contributed by atoms with van der Waals surface area (Å²) in [4.78, 5) is 35.0. The third-order valence-electron chi connectivity index (χ3n) is 5.93. The molecule has 0 saturated heterocycles. The smallest absolute Gasteiger partial charge is 0.222 e. The first-order chi connectivity index (χ1) is 15.8. The Bertz CT molecular complexity index is 1200. The van der Waals surface area contributed by atoms with Crippen LogP contribution in [0.1, 0.15) is 24.0 Å². The van der Waals surface area contributed by atoms with Crippen LogP contribution in [0.15, 0.2) is 58.6 Å². The summed E-state index contributed by atoms with van der Waals surface area (Å²) >= 11 is 1.65. The van der Waals surface area contributed by atoms with Gasteiger partial charge < -0.3 is 19.8 Å². The van der Waals surface area contributed by atoms with Crippen LogP contribution in [-0.2, 0) is 22.4 Å². The third kappa shape index (κ3) is 4.93. The Balaban J connectivity index is 1.71. The summed E-state index contributed by atoms with van der Waals surface area (Å²) in [6, 6.07) is 16.4. The van der Waals surface area contributed by atoms with Crippen LogP contribution in [0, 0.1) is 0 Å². The maximum absolute atomic E-state index is 12.3. The van der Waals surface area contributed by atoms with E-state index in [9.17, 15) is 9.59 Å². The summed E-state index contributed by atoms with van der Waals surface area (Å²) in [5.74, 6) is 0.231. The van der Waals surface area contributed by atoms with Gasteiger partial charge in [0.05, 0.1) is 10.1 Å². The normalized spacial score (nSPS) is 11.3. The molecule has 0 aliphatic carbocycles. The Morgan fingerprint density at radius 3 is 1.48 bits per heavy atom. The summed E-state index contributed by atoms with van der Waals surface area (Å²) in [5.41, 5.74) is 4.43. The zero-order valence-corrected chi connectivity index (χ0v) is 20.4. The van der Waals surface area contributed by atoms with Crippen LogP contribution < -0.4 is 0 Å². The van der Waals surface area contributed by atoms with Crippen molar-refractivity contribution in [3.05, 3.63) is 59.7 Å². The van der Waals surface area contributed by atoms with E-state index in [1.165, 1.54) is 0 Å². The SMILES string of the molecule is CN(C)C(=O)CCc1c(Sc2[nH]c3ccccc3c2CCC(=O)N(C)C)[nH]c2ccccc12. The van der Waals surface area contributed by atoms with Gasteiger partial charge >= 0.3 is 0 Å². The number of hydrogen-bond donors (Lipinski definition) is 2. The Morgan fingerprint density at radius 2 is 1.09 bits per heavy atom. The lowest BCUT2D eigenvalue weighted by Crippen LogP contribution is -2.21. The predicted octanol–water partition coefficient (Wildman–Crippen LogP) is 4.84. The van der Waals surface area contributed by atoms with Crippen LogP contribution in [0.25, 0.3) is 21.8 Å². The largest absolute Gasteiger partial charge is 0.349 e. The number of nitrogens with zero attached hydrogens (tertiary/aromatic N) is 2. The van der Waals surface area contributed by atoms with Crippen LogP contribution in [-0.4, -0.2) is 59.8 Å². The van der Waals surface area contributed by atoms with Gasteiger partial charge in [-0.25, -0.2) is 0 Å². The van der Waals surface area contributed by atoms with Crippen LogP contribution in [0.3, 0.4) is 0 Å². The van der Waals surface area contributed by atoms with Gasteiger partial charge in [0.25, 0.3) is 0 Å². The van der Waals surface area contributed by atoms with Crippen molar-refractivity contribution in [1.82, 2.24) is 19.8 Å². The number of aryl methyl sites for hydroxylation is 2. The molecule has 4 rings (SSSR count). The molecule has 0 saturated carbocycles. The standard InChI is InChI=1S/C26H30N4O2S/c1-29(2)23(31)15-13-19-17-9-5-7-11-21(17)27-25(19)33-26-20(14-16-24(32)30(3)4)18-10-6-8-12-22(18)28-26/h5-12,27-28H,13-16H2,1-4H3. The van der Waals surface area contributed by atoms with E-state index < -0.39 is 0 Å². The van der Waals surface area contributed by atoms with Crippen LogP contribution in [0.2, 0.25) is 0 Å². The molecule has 2 aromatic heterocycles. The van der Waals surface area contributed by atoms with Crippen molar-refractivity contribution in [2.45, 2.75) is 35.7 Å². The molecule has 0 spiro atoms. The molecule has 2 aromatic carbocycles. The predicted molar refractivity (Wildman–Crippen MR) is 135 cm³/mol. The number of hydrogen-bond acceptors (Lipinski definition) is 3. The number of nitrogens with one attached hydrogen (secondary N) is 2. The lowest BCUT2D eigenvalue weighted by atomic mass is 10.1. The molecule has 0 radical (unpaired) electrons. The summed E-state index contributed by atoms with van der Waals surface area (Å²) in [7, 11) is 7.16. The van der Waals surface area contributed by atoms with Crippen molar-refractivity contribution in [2.75, 3.05) is 28.2 Å². The third-order valence-corrected chi connectivity index (χ3v) is 7.03. The Kier molecular flexibility index (Phi) is 6.79. The summed E-state index contributed by atoms with van der Waals surface area (Å²) in [6.07, 6.45) is 2.24. The van der Waals surface area contributed by atoms with Crippen molar-refractivity contribution in [3.8, 4) is 0 Å². The lowest BCUT2D eigenvalue weighted by molar-refractivity contribution is -0.129. The van der Waals surface area contributed by atoms with Crippen molar-refractivity contribution < 1.29 is 9.59 Å². The first kappa shape index (κ1) is 23.0. The molecular weight excluding hydrogens is 432 g/mol. The van der Waals surface area contributed by atoms with Gasteiger partial charge in [-0.05, 0) is 36.1 Å². The molecule has 33 heavy (non-hydrogen) atoms. The zero-order valence-electron chi connectivity index (χ0n) is 19.6. The molecule has 7 heteroatoms. The minimum atomic E-state index is 0.115. The fourth-order valence-electron chi connectivity index (χ4n) is 4.03. The van der Waals surface area contributed by atoms with Crippen molar-refractivity contribution in [2.24, 2.45) is 0 Å². The quantitative estimate of drug-likeness (QED) is 0.393. The number of fused-ring (bicyclic) bond motifs is 2. The monoisotopic (exact) mass is 462 g/mol. The van der Waals surface area contributed by atoms with Crippen LogP contribution in [0.5, 0.6) is 0 Å². The molecule has 2 N–H and O–H groups in total. The first-order valence-corrected chi connectivity index (χ1v) is 11.9. The average Bonchev–Trinajstić information content (AvgIpc) is 3.32. The second-order valence-electron chi connectivity index (χ2n) is 8.63. The topological polar surface area (TPSA) is 72.2 Å². The van der Waals surface area contributed by atoms with Gasteiger partial charge in [0, 0.05) is 62.8 Å². The van der Waals surface area contributed by atoms with Crippen molar-refractivity contribution >= 4 is 45.4 Å². The zero-order chi connectivity index (χ0) is 23.5. The highest BCUT2D eigenvalue weighted by molar-refractivity contribution is 7.99. The van der Waals surface area contributed by atoms with Gasteiger partial charge in [-0.1, -0.05) is 48.2 Å². The minimum absolute atomic E-state index is 0.115. The second-order valence-corrected chi connectivity index (χ2v) is 9.66. The van der Waals surface area contributed by atoms with Crippen molar-refractivity contribution in [3.63, 3.8) is 0 Å². The van der Waals surface area contributed by atoms with E-state index in [1.54, 1.807) is 49.8 Å². The number of carbonyl (C=O) groups excluding carboxylic acids is 2. The molecular formula is C26H30N4O2S. The number of aromatic nitrogens is 2. The Hall–Kier alpha value is -3.19. The molecule has 2 amide bonds. The fourth-order valence-corrected chi connectivity index (χ4v) is 5.23. The van der Waals surface area contributed by atoms with Gasteiger partial charge in [-0.15, -0.1) is 0 Å². The highest BCUT2D eigenvalue weighted by Crippen LogP contribution is 2.39. The number of rotatable bonds is 8. The first-order valence-electron chi connectivity index (χ1n) is 11.1. The molecule has 0 unspecified atom stereocenters. The molecule has 0 aliphatic heterocycles. The van der Waals surface area contributed by atoms with E-state index in [0.29, 0.717) is 25.7 Å². The molecule has 0 fully saturated rings. The number of carbonyl (C=O) groups is 2. The van der Waals surface area contributed by atoms with E-state index in [-0.39, 0.29) is 11.8 Å². The molecule has 4 aromatic rings. The number of H-pyrrole nitrogens is 2. The van der Waals surface area contributed by atoms with Gasteiger partial charge in [-0.3, -0.25) is 9.59 Å². The lowest BCUT2D eigenvalue weighted by Gasteiger charge is -2.11. The van der Waals surface area contributed by atoms with Gasteiger partial charge in [0.1, 0.15) is 0 Å². The van der Waals surface area contributed by atoms with E-state index in [4.69, 9.17) is 0 Å². The van der Waals surface area contributed by atoms with Crippen molar-refractivity contribution in [1.29, 1.82) is 0 Å².